The quantitative estimate of drug-likeness (QED) is 0.474. The lowest BCUT2D eigenvalue weighted by Gasteiger charge is -2.60. The topological polar surface area (TPSA) is 0 Å². The summed E-state index contributed by atoms with van der Waals surface area (Å²) in [5.41, 5.74) is 5.16. The van der Waals surface area contributed by atoms with E-state index >= 15 is 0 Å². The van der Waals surface area contributed by atoms with Gasteiger partial charge >= 0.3 is 0 Å². The van der Waals surface area contributed by atoms with Gasteiger partial charge in [-0.15, -0.1) is 0 Å². The van der Waals surface area contributed by atoms with Crippen molar-refractivity contribution in [3.8, 4) is 0 Å². The molecule has 5 aliphatic rings. The van der Waals surface area contributed by atoms with Crippen molar-refractivity contribution >= 4 is 0 Å². The number of hydrogen-bond acceptors (Lipinski definition) is 0. The van der Waals surface area contributed by atoms with Crippen LogP contribution in [0.15, 0.2) is 23.3 Å². The van der Waals surface area contributed by atoms with Gasteiger partial charge in [-0.2, -0.15) is 0 Å². The molecule has 3 saturated carbocycles. The minimum atomic E-state index is 0. The SMILES string of the molecule is C.CCC1=CC2=CCC3C(CCC4(C)C3C3CC3C4(C)CC)C2(C)CC1. The molecular weight excluding hydrogens is 312 g/mol. The Morgan fingerprint density at radius 1 is 1.04 bits per heavy atom. The minimum Gasteiger partial charge on any atom is -0.0805 e. The molecule has 0 heteroatoms. The summed E-state index contributed by atoms with van der Waals surface area (Å²) in [7, 11) is 0. The Balaban J connectivity index is 0.00000168. The van der Waals surface area contributed by atoms with Crippen LogP contribution in [-0.4, -0.2) is 0 Å². The zero-order valence-electron chi connectivity index (χ0n) is 17.2. The molecule has 0 amide bonds. The first kappa shape index (κ1) is 18.8. The molecular formula is C26H42. The van der Waals surface area contributed by atoms with Gasteiger partial charge in [0.05, 0.1) is 0 Å². The molecule has 0 aliphatic heterocycles. The van der Waals surface area contributed by atoms with E-state index in [1.54, 1.807) is 17.6 Å². The predicted octanol–water partition coefficient (Wildman–Crippen LogP) is 7.80. The van der Waals surface area contributed by atoms with Crippen LogP contribution in [0.4, 0.5) is 0 Å². The molecule has 0 aromatic rings. The van der Waals surface area contributed by atoms with Crippen molar-refractivity contribution in [1.82, 2.24) is 0 Å². The summed E-state index contributed by atoms with van der Waals surface area (Å²) in [6.07, 6.45) is 16.7. The van der Waals surface area contributed by atoms with Gasteiger partial charge in [-0.3, -0.25) is 0 Å². The lowest BCUT2D eigenvalue weighted by atomic mass is 9.44. The summed E-state index contributed by atoms with van der Waals surface area (Å²) in [6, 6.07) is 0. The smallest absolute Gasteiger partial charge is 0.00443 e. The molecule has 8 unspecified atom stereocenters. The molecule has 0 nitrogen and oxygen atoms in total. The van der Waals surface area contributed by atoms with E-state index in [1.807, 2.05) is 0 Å². The normalized spacial score (nSPS) is 54.0. The van der Waals surface area contributed by atoms with Crippen molar-refractivity contribution in [3.05, 3.63) is 23.3 Å². The maximum atomic E-state index is 2.71. The molecule has 0 aromatic heterocycles. The predicted molar refractivity (Wildman–Crippen MR) is 113 cm³/mol. The lowest BCUT2D eigenvalue weighted by Crippen LogP contribution is -2.52. The Morgan fingerprint density at radius 2 is 1.81 bits per heavy atom. The average molecular weight is 355 g/mol. The molecule has 26 heavy (non-hydrogen) atoms. The molecule has 5 aliphatic carbocycles. The van der Waals surface area contributed by atoms with Gasteiger partial charge in [0.2, 0.25) is 0 Å². The van der Waals surface area contributed by atoms with E-state index in [0.717, 1.165) is 29.6 Å². The van der Waals surface area contributed by atoms with Crippen molar-refractivity contribution in [2.24, 2.45) is 45.8 Å². The maximum Gasteiger partial charge on any atom is -0.00443 e. The number of rotatable bonds is 2. The van der Waals surface area contributed by atoms with E-state index in [4.69, 9.17) is 0 Å². The number of fused-ring (bicyclic) bond motifs is 7. The second kappa shape index (κ2) is 5.74. The van der Waals surface area contributed by atoms with Crippen molar-refractivity contribution in [3.63, 3.8) is 0 Å². The van der Waals surface area contributed by atoms with E-state index in [-0.39, 0.29) is 7.43 Å². The molecule has 5 rings (SSSR count). The zero-order chi connectivity index (χ0) is 17.6. The van der Waals surface area contributed by atoms with Crippen molar-refractivity contribution in [2.75, 3.05) is 0 Å². The Morgan fingerprint density at radius 3 is 2.50 bits per heavy atom. The Labute approximate surface area is 162 Å². The minimum absolute atomic E-state index is 0. The van der Waals surface area contributed by atoms with Crippen LogP contribution < -0.4 is 0 Å². The van der Waals surface area contributed by atoms with E-state index in [1.165, 1.54) is 44.9 Å². The van der Waals surface area contributed by atoms with E-state index in [9.17, 15) is 0 Å². The summed E-state index contributed by atoms with van der Waals surface area (Å²) >= 11 is 0. The van der Waals surface area contributed by atoms with Gasteiger partial charge in [0.1, 0.15) is 0 Å². The van der Waals surface area contributed by atoms with Crippen LogP contribution in [0.1, 0.15) is 93.4 Å². The van der Waals surface area contributed by atoms with E-state index in [0.29, 0.717) is 16.2 Å². The molecule has 0 aromatic carbocycles. The largest absolute Gasteiger partial charge is 0.0805 e. The molecule has 0 radical (unpaired) electrons. The lowest BCUT2D eigenvalue weighted by molar-refractivity contribution is -0.0850. The van der Waals surface area contributed by atoms with Gasteiger partial charge in [0, 0.05) is 0 Å². The highest BCUT2D eigenvalue weighted by molar-refractivity contribution is 5.38. The molecule has 146 valence electrons. The molecule has 0 bridgehead atoms. The fourth-order valence-corrected chi connectivity index (χ4v) is 8.81. The number of allylic oxidation sites excluding steroid dienone is 4. The number of hydrogen-bond donors (Lipinski definition) is 0. The summed E-state index contributed by atoms with van der Waals surface area (Å²) in [5.74, 6) is 5.09. The summed E-state index contributed by atoms with van der Waals surface area (Å²) in [4.78, 5) is 0. The molecule has 3 fully saturated rings. The van der Waals surface area contributed by atoms with Gasteiger partial charge in [-0.25, -0.2) is 0 Å². The van der Waals surface area contributed by atoms with Gasteiger partial charge in [-0.1, -0.05) is 59.8 Å². The molecule has 0 saturated heterocycles. The first-order chi connectivity index (χ1) is 11.9. The molecule has 0 heterocycles. The van der Waals surface area contributed by atoms with Crippen molar-refractivity contribution in [1.29, 1.82) is 0 Å². The fraction of sp³-hybridized carbons (Fsp3) is 0.846. The van der Waals surface area contributed by atoms with Crippen LogP contribution in [0.5, 0.6) is 0 Å². The third-order valence-electron chi connectivity index (χ3n) is 10.7. The Kier molecular flexibility index (Phi) is 4.16. The highest BCUT2D eigenvalue weighted by atomic mass is 14.8. The van der Waals surface area contributed by atoms with Crippen molar-refractivity contribution in [2.45, 2.75) is 93.4 Å². The van der Waals surface area contributed by atoms with Crippen LogP contribution in [-0.2, 0) is 0 Å². The van der Waals surface area contributed by atoms with Crippen LogP contribution in [0, 0.1) is 45.8 Å². The van der Waals surface area contributed by atoms with Gasteiger partial charge in [0.15, 0.2) is 0 Å². The van der Waals surface area contributed by atoms with Crippen LogP contribution >= 0.6 is 0 Å². The summed E-state index contributed by atoms with van der Waals surface area (Å²) in [6.45, 7) is 12.8. The molecule has 0 N–H and O–H groups in total. The van der Waals surface area contributed by atoms with E-state index in [2.05, 4.69) is 46.8 Å². The highest BCUT2D eigenvalue weighted by Crippen LogP contribution is 2.80. The van der Waals surface area contributed by atoms with Crippen LogP contribution in [0.2, 0.25) is 0 Å². The van der Waals surface area contributed by atoms with Gasteiger partial charge in [0.25, 0.3) is 0 Å². The van der Waals surface area contributed by atoms with Gasteiger partial charge < -0.3 is 0 Å². The second-order valence-electron chi connectivity index (χ2n) is 11.0. The zero-order valence-corrected chi connectivity index (χ0v) is 17.2. The van der Waals surface area contributed by atoms with E-state index < -0.39 is 0 Å². The summed E-state index contributed by atoms with van der Waals surface area (Å²) in [5, 5.41) is 0. The van der Waals surface area contributed by atoms with Crippen LogP contribution in [0.25, 0.3) is 0 Å². The Bertz CT molecular complexity index is 653. The summed E-state index contributed by atoms with van der Waals surface area (Å²) < 4.78 is 0. The third kappa shape index (κ3) is 2.03. The van der Waals surface area contributed by atoms with Crippen molar-refractivity contribution < 1.29 is 0 Å². The first-order valence-electron chi connectivity index (χ1n) is 11.3. The second-order valence-corrected chi connectivity index (χ2v) is 11.0. The van der Waals surface area contributed by atoms with Gasteiger partial charge in [-0.05, 0) is 103 Å². The first-order valence-corrected chi connectivity index (χ1v) is 11.3. The molecule has 0 spiro atoms. The highest BCUT2D eigenvalue weighted by Gasteiger charge is 2.73. The van der Waals surface area contributed by atoms with Crippen LogP contribution in [0.3, 0.4) is 0 Å². The maximum absolute atomic E-state index is 2.71. The standard InChI is InChI=1S/C25H38.CH4/c1-6-16-10-12-23(3)17(14-16)8-9-18-20(23)11-13-25(5)22(18)19-15-21(19)24(25,4)7-2;/h8,14,18-22H,6-7,9-13,15H2,1-5H3;1H4. The third-order valence-corrected chi connectivity index (χ3v) is 10.7. The monoisotopic (exact) mass is 354 g/mol. The molecule has 8 atom stereocenters. The fourth-order valence-electron chi connectivity index (χ4n) is 8.81. The average Bonchev–Trinajstić information content (AvgIpc) is 3.37. The Hall–Kier alpha value is -0.520.